The standard InChI is InChI=1S/C37H55F5O3S/c38-36(39,37(40,41)42)19-11-23-46-22-9-5-3-1-2-4-6-12-27-24-28-25-29(45-33-14-7-8-21-44-33)15-16-30(28)31-17-20-35(26-43)18-10-13-32(35)34(27)31/h15-16,25,27,31-34,43H,1-14,17-24,26H2/t27-,31-,32+,33?,34-,35+/m1/s1. The number of alkyl halides is 5. The molecule has 3 fully saturated rings. The first-order valence-corrected chi connectivity index (χ1v) is 19.3. The van der Waals surface area contributed by atoms with Gasteiger partial charge in [-0.2, -0.15) is 33.7 Å². The topological polar surface area (TPSA) is 38.7 Å². The summed E-state index contributed by atoms with van der Waals surface area (Å²) < 4.78 is 74.9. The second kappa shape index (κ2) is 16.6. The molecule has 3 nitrogen and oxygen atoms in total. The fourth-order valence-electron chi connectivity index (χ4n) is 9.29. The lowest BCUT2D eigenvalue weighted by atomic mass is 9.52. The molecule has 0 bridgehead atoms. The van der Waals surface area contributed by atoms with Crippen molar-refractivity contribution in [3.05, 3.63) is 29.3 Å². The minimum absolute atomic E-state index is 0.114. The van der Waals surface area contributed by atoms with Crippen LogP contribution in [-0.4, -0.2) is 48.2 Å². The van der Waals surface area contributed by atoms with Crippen LogP contribution < -0.4 is 4.74 Å². The van der Waals surface area contributed by atoms with Gasteiger partial charge in [-0.05, 0) is 128 Å². The predicted molar refractivity (Wildman–Crippen MR) is 175 cm³/mol. The van der Waals surface area contributed by atoms with E-state index in [1.807, 2.05) is 0 Å². The molecule has 1 aliphatic heterocycles. The minimum atomic E-state index is -5.44. The lowest BCUT2D eigenvalue weighted by Gasteiger charge is -2.53. The van der Waals surface area contributed by atoms with Gasteiger partial charge in [0.1, 0.15) is 5.75 Å². The van der Waals surface area contributed by atoms with E-state index in [9.17, 15) is 27.1 Å². The van der Waals surface area contributed by atoms with E-state index in [0.29, 0.717) is 36.0 Å². The fourth-order valence-corrected chi connectivity index (χ4v) is 10.2. The molecular weight excluding hydrogens is 619 g/mol. The maximum atomic E-state index is 13.0. The Balaban J connectivity index is 1.05. The number of fused-ring (bicyclic) bond motifs is 5. The van der Waals surface area contributed by atoms with Gasteiger partial charge in [0.15, 0.2) is 6.29 Å². The van der Waals surface area contributed by atoms with Gasteiger partial charge in [0.25, 0.3) is 0 Å². The highest BCUT2D eigenvalue weighted by Gasteiger charge is 2.57. The Morgan fingerprint density at radius 2 is 1.63 bits per heavy atom. The molecule has 1 aromatic carbocycles. The molecule has 46 heavy (non-hydrogen) atoms. The molecule has 4 aliphatic rings. The molecule has 262 valence electrons. The number of benzene rings is 1. The van der Waals surface area contributed by atoms with Crippen LogP contribution in [0.1, 0.15) is 133 Å². The van der Waals surface area contributed by atoms with Crippen LogP contribution in [0.4, 0.5) is 22.0 Å². The number of unbranched alkanes of at least 4 members (excludes halogenated alkanes) is 6. The van der Waals surface area contributed by atoms with Crippen molar-refractivity contribution in [1.82, 2.24) is 0 Å². The maximum absolute atomic E-state index is 13.0. The summed E-state index contributed by atoms with van der Waals surface area (Å²) in [7, 11) is 0. The molecule has 0 radical (unpaired) electrons. The Morgan fingerprint density at radius 3 is 2.37 bits per heavy atom. The van der Waals surface area contributed by atoms with E-state index < -0.39 is 18.5 Å². The lowest BCUT2D eigenvalue weighted by molar-refractivity contribution is -0.284. The zero-order chi connectivity index (χ0) is 32.6. The predicted octanol–water partition coefficient (Wildman–Crippen LogP) is 10.9. The van der Waals surface area contributed by atoms with Crippen LogP contribution in [0.15, 0.2) is 18.2 Å². The zero-order valence-electron chi connectivity index (χ0n) is 27.4. The number of aliphatic hydroxyl groups excluding tert-OH is 1. The average molecular weight is 675 g/mol. The highest BCUT2D eigenvalue weighted by atomic mass is 32.2. The van der Waals surface area contributed by atoms with Crippen LogP contribution in [0.5, 0.6) is 5.75 Å². The van der Waals surface area contributed by atoms with Crippen LogP contribution in [-0.2, 0) is 11.2 Å². The summed E-state index contributed by atoms with van der Waals surface area (Å²) in [6.45, 7) is 1.11. The van der Waals surface area contributed by atoms with E-state index in [1.54, 1.807) is 0 Å². The number of hydrogen-bond donors (Lipinski definition) is 1. The summed E-state index contributed by atoms with van der Waals surface area (Å²) in [5.41, 5.74) is 3.11. The molecule has 5 rings (SSSR count). The van der Waals surface area contributed by atoms with Gasteiger partial charge >= 0.3 is 12.1 Å². The number of rotatable bonds is 17. The van der Waals surface area contributed by atoms with Gasteiger partial charge in [0, 0.05) is 19.4 Å². The number of ether oxygens (including phenoxy) is 2. The average Bonchev–Trinajstić information content (AvgIpc) is 3.48. The number of thioether (sulfide) groups is 1. The summed E-state index contributed by atoms with van der Waals surface area (Å²) in [6.07, 6.45) is 12.8. The Labute approximate surface area is 277 Å². The molecule has 2 saturated carbocycles. The van der Waals surface area contributed by atoms with Crippen molar-refractivity contribution in [2.45, 2.75) is 146 Å². The molecule has 9 heteroatoms. The highest BCUT2D eigenvalue weighted by Crippen LogP contribution is 2.62. The van der Waals surface area contributed by atoms with E-state index in [1.165, 1.54) is 80.7 Å². The monoisotopic (exact) mass is 674 g/mol. The summed E-state index contributed by atoms with van der Waals surface area (Å²) >= 11 is 1.48. The van der Waals surface area contributed by atoms with Gasteiger partial charge < -0.3 is 14.6 Å². The smallest absolute Gasteiger partial charge is 0.453 e. The SMILES string of the molecule is OC[C@@]12CCC[C@H]1[C@@H]1[C@H](CCCCCCCCCSCCCC(F)(F)C(F)(F)F)Cc3cc(OC4CCCCO4)ccc3[C@H]1CC2. The fraction of sp³-hybridized carbons (Fsp3) is 0.838. The van der Waals surface area contributed by atoms with E-state index in [2.05, 4.69) is 18.2 Å². The summed E-state index contributed by atoms with van der Waals surface area (Å²) in [6, 6.07) is 6.80. The highest BCUT2D eigenvalue weighted by molar-refractivity contribution is 7.99. The number of aliphatic hydroxyl groups is 1. The third-order valence-corrected chi connectivity index (χ3v) is 12.8. The first-order valence-electron chi connectivity index (χ1n) is 18.2. The Kier molecular flexibility index (Phi) is 13.0. The molecule has 0 amide bonds. The first-order chi connectivity index (χ1) is 22.1. The number of hydrogen-bond acceptors (Lipinski definition) is 4. The molecule has 6 atom stereocenters. The van der Waals surface area contributed by atoms with Crippen LogP contribution in [0.2, 0.25) is 0 Å². The van der Waals surface area contributed by atoms with E-state index >= 15 is 0 Å². The third kappa shape index (κ3) is 8.94. The zero-order valence-corrected chi connectivity index (χ0v) is 28.3. The van der Waals surface area contributed by atoms with Gasteiger partial charge in [-0.3, -0.25) is 0 Å². The minimum Gasteiger partial charge on any atom is -0.465 e. The first kappa shape index (κ1) is 36.2. The van der Waals surface area contributed by atoms with Crippen molar-refractivity contribution in [3.8, 4) is 5.75 Å². The van der Waals surface area contributed by atoms with E-state index in [4.69, 9.17) is 9.47 Å². The molecule has 1 heterocycles. The van der Waals surface area contributed by atoms with Crippen LogP contribution >= 0.6 is 11.8 Å². The largest absolute Gasteiger partial charge is 0.465 e. The van der Waals surface area contributed by atoms with Crippen molar-refractivity contribution in [2.75, 3.05) is 24.7 Å². The van der Waals surface area contributed by atoms with Crippen molar-refractivity contribution in [2.24, 2.45) is 23.2 Å². The van der Waals surface area contributed by atoms with Crippen molar-refractivity contribution >= 4 is 11.8 Å². The van der Waals surface area contributed by atoms with Crippen LogP contribution in [0.25, 0.3) is 0 Å². The molecular formula is C37H55F5O3S. The van der Waals surface area contributed by atoms with Gasteiger partial charge in [-0.15, -0.1) is 0 Å². The lowest BCUT2D eigenvalue weighted by Crippen LogP contribution is -2.46. The molecule has 0 aromatic heterocycles. The molecule has 3 aliphatic carbocycles. The Morgan fingerprint density at radius 1 is 0.870 bits per heavy atom. The van der Waals surface area contributed by atoms with Crippen LogP contribution in [0, 0.1) is 23.2 Å². The van der Waals surface area contributed by atoms with Gasteiger partial charge in [-0.25, -0.2) is 0 Å². The normalized spacial score (nSPS) is 29.7. The van der Waals surface area contributed by atoms with Crippen molar-refractivity contribution in [3.63, 3.8) is 0 Å². The van der Waals surface area contributed by atoms with Crippen molar-refractivity contribution in [1.29, 1.82) is 0 Å². The molecule has 1 unspecified atom stereocenters. The summed E-state index contributed by atoms with van der Waals surface area (Å²) in [5.74, 6) is 0.0303. The Hall–Kier alpha value is -1.06. The molecule has 0 spiro atoms. The Bertz CT molecular complexity index is 1080. The maximum Gasteiger partial charge on any atom is 0.453 e. The second-order valence-corrected chi connectivity index (χ2v) is 15.9. The van der Waals surface area contributed by atoms with Gasteiger partial charge in [-0.1, -0.05) is 51.0 Å². The summed E-state index contributed by atoms with van der Waals surface area (Å²) in [5, 5.41) is 10.6. The molecule has 1 N–H and O–H groups in total. The van der Waals surface area contributed by atoms with Gasteiger partial charge in [0.2, 0.25) is 0 Å². The van der Waals surface area contributed by atoms with Crippen molar-refractivity contribution < 1.29 is 36.5 Å². The van der Waals surface area contributed by atoms with E-state index in [0.717, 1.165) is 69.5 Å². The second-order valence-electron chi connectivity index (χ2n) is 14.7. The molecule has 1 aromatic rings. The molecule has 1 saturated heterocycles. The van der Waals surface area contributed by atoms with Gasteiger partial charge in [0.05, 0.1) is 6.61 Å². The number of halogens is 5. The third-order valence-electron chi connectivity index (χ3n) is 11.7. The van der Waals surface area contributed by atoms with E-state index in [-0.39, 0.29) is 18.1 Å². The van der Waals surface area contributed by atoms with Crippen LogP contribution in [0.3, 0.4) is 0 Å². The summed E-state index contributed by atoms with van der Waals surface area (Å²) in [4.78, 5) is 0. The quantitative estimate of drug-likeness (QED) is 0.132.